The Bertz CT molecular complexity index is 752. The fraction of sp³-hybridized carbons (Fsp3) is 0.333. The summed E-state index contributed by atoms with van der Waals surface area (Å²) in [5, 5.41) is 0. The predicted molar refractivity (Wildman–Crippen MR) is 88.4 cm³/mol. The Hall–Kier alpha value is -2.83. The molecule has 0 radical (unpaired) electrons. The van der Waals surface area contributed by atoms with E-state index < -0.39 is 11.9 Å². The molecule has 0 saturated carbocycles. The molecule has 0 fully saturated rings. The average molecular weight is 349 g/mol. The van der Waals surface area contributed by atoms with Crippen LogP contribution in [0.3, 0.4) is 0 Å². The molecule has 1 heterocycles. The van der Waals surface area contributed by atoms with Crippen molar-refractivity contribution in [3.8, 4) is 5.75 Å². The number of methoxy groups -OCH3 is 1. The number of H-pyrrole nitrogens is 1. The number of rotatable bonds is 7. The van der Waals surface area contributed by atoms with Crippen molar-refractivity contribution in [1.29, 1.82) is 0 Å². The summed E-state index contributed by atoms with van der Waals surface area (Å²) >= 11 is 0. The molecule has 0 aliphatic heterocycles. The molecule has 2 rings (SSSR count). The standard InChI is InChI=1S/C18H20FNO5/c1-11-15(17(21)23-3)12(2)20-16(11)18(22)25-10-4-9-24-14-7-5-13(19)6-8-14/h5-8,20H,4,9-10H2,1-3H3. The molecule has 1 aromatic carbocycles. The molecule has 7 heteroatoms. The zero-order valence-corrected chi connectivity index (χ0v) is 14.3. The summed E-state index contributed by atoms with van der Waals surface area (Å²) in [7, 11) is 1.29. The molecule has 1 aromatic heterocycles. The highest BCUT2D eigenvalue weighted by Crippen LogP contribution is 2.19. The van der Waals surface area contributed by atoms with Gasteiger partial charge in [0.1, 0.15) is 17.3 Å². The molecule has 1 N–H and O–H groups in total. The fourth-order valence-corrected chi connectivity index (χ4v) is 2.38. The maximum absolute atomic E-state index is 12.8. The highest BCUT2D eigenvalue weighted by atomic mass is 19.1. The molecule has 25 heavy (non-hydrogen) atoms. The lowest BCUT2D eigenvalue weighted by Crippen LogP contribution is -2.11. The van der Waals surface area contributed by atoms with E-state index in [4.69, 9.17) is 14.2 Å². The van der Waals surface area contributed by atoms with Crippen molar-refractivity contribution in [2.75, 3.05) is 20.3 Å². The Morgan fingerprint density at radius 3 is 2.40 bits per heavy atom. The monoisotopic (exact) mass is 349 g/mol. The minimum atomic E-state index is -0.544. The van der Waals surface area contributed by atoms with Crippen molar-refractivity contribution in [3.63, 3.8) is 0 Å². The van der Waals surface area contributed by atoms with Crippen LogP contribution >= 0.6 is 0 Å². The fourth-order valence-electron chi connectivity index (χ4n) is 2.38. The molecule has 0 unspecified atom stereocenters. The van der Waals surface area contributed by atoms with Crippen molar-refractivity contribution in [1.82, 2.24) is 4.98 Å². The van der Waals surface area contributed by atoms with Gasteiger partial charge < -0.3 is 19.2 Å². The number of carbonyl (C=O) groups excluding carboxylic acids is 2. The lowest BCUT2D eigenvalue weighted by Gasteiger charge is -2.07. The number of aromatic nitrogens is 1. The first-order valence-corrected chi connectivity index (χ1v) is 7.77. The molecule has 0 saturated heterocycles. The topological polar surface area (TPSA) is 77.6 Å². The number of benzene rings is 1. The third-order valence-electron chi connectivity index (χ3n) is 3.64. The van der Waals surface area contributed by atoms with E-state index in [2.05, 4.69) is 4.98 Å². The van der Waals surface area contributed by atoms with Crippen LogP contribution in [0.5, 0.6) is 5.75 Å². The van der Waals surface area contributed by atoms with Gasteiger partial charge in [0.25, 0.3) is 0 Å². The molecule has 2 aromatic rings. The molecule has 0 bridgehead atoms. The average Bonchev–Trinajstić information content (AvgIpc) is 2.90. The van der Waals surface area contributed by atoms with Crippen molar-refractivity contribution < 1.29 is 28.2 Å². The minimum Gasteiger partial charge on any atom is -0.493 e. The first-order chi connectivity index (χ1) is 11.9. The summed E-state index contributed by atoms with van der Waals surface area (Å²) in [6.45, 7) is 3.83. The molecule has 0 atom stereocenters. The number of hydrogen-bond donors (Lipinski definition) is 1. The van der Waals surface area contributed by atoms with Crippen molar-refractivity contribution >= 4 is 11.9 Å². The molecule has 6 nitrogen and oxygen atoms in total. The third kappa shape index (κ3) is 4.59. The van der Waals surface area contributed by atoms with Gasteiger partial charge in [-0.05, 0) is 43.7 Å². The SMILES string of the molecule is COC(=O)c1c(C)[nH]c(C(=O)OCCCOc2ccc(F)cc2)c1C. The molecule has 134 valence electrons. The normalized spacial score (nSPS) is 10.4. The van der Waals surface area contributed by atoms with Gasteiger partial charge in [0.05, 0.1) is 25.9 Å². The van der Waals surface area contributed by atoms with Crippen molar-refractivity contribution in [2.45, 2.75) is 20.3 Å². The Balaban J connectivity index is 1.82. The van der Waals surface area contributed by atoms with Crippen LogP contribution < -0.4 is 4.74 Å². The highest BCUT2D eigenvalue weighted by molar-refractivity contribution is 5.98. The largest absolute Gasteiger partial charge is 0.493 e. The van der Waals surface area contributed by atoms with Crippen LogP contribution in [0, 0.1) is 19.7 Å². The van der Waals surface area contributed by atoms with Gasteiger partial charge in [-0.3, -0.25) is 0 Å². The third-order valence-corrected chi connectivity index (χ3v) is 3.64. The van der Waals surface area contributed by atoms with Crippen molar-refractivity contribution in [2.24, 2.45) is 0 Å². The molecular formula is C18H20FNO5. The highest BCUT2D eigenvalue weighted by Gasteiger charge is 2.23. The zero-order chi connectivity index (χ0) is 18.4. The van der Waals surface area contributed by atoms with Gasteiger partial charge in [-0.1, -0.05) is 0 Å². The first-order valence-electron chi connectivity index (χ1n) is 7.77. The number of nitrogens with one attached hydrogen (secondary N) is 1. The molecular weight excluding hydrogens is 329 g/mol. The number of aromatic amines is 1. The summed E-state index contributed by atoms with van der Waals surface area (Å²) in [6, 6.07) is 5.68. The number of ether oxygens (including phenoxy) is 3. The number of esters is 2. The maximum atomic E-state index is 12.8. The van der Waals surface area contributed by atoms with Gasteiger partial charge in [0, 0.05) is 12.1 Å². The quantitative estimate of drug-likeness (QED) is 0.614. The Morgan fingerprint density at radius 1 is 1.08 bits per heavy atom. The van der Waals surface area contributed by atoms with Crippen LogP contribution in [0.1, 0.15) is 38.5 Å². The second-order valence-electron chi connectivity index (χ2n) is 5.41. The van der Waals surface area contributed by atoms with E-state index in [9.17, 15) is 14.0 Å². The van der Waals surface area contributed by atoms with Crippen LogP contribution in [0.4, 0.5) is 4.39 Å². The Kier molecular flexibility index (Phi) is 6.16. The zero-order valence-electron chi connectivity index (χ0n) is 14.3. The number of aryl methyl sites for hydroxylation is 1. The summed E-state index contributed by atoms with van der Waals surface area (Å²) in [5.74, 6) is -0.828. The van der Waals surface area contributed by atoms with Gasteiger partial charge in [0.2, 0.25) is 0 Å². The second kappa shape index (κ2) is 8.32. The van der Waals surface area contributed by atoms with Gasteiger partial charge in [0.15, 0.2) is 0 Å². The van der Waals surface area contributed by atoms with Crippen LogP contribution in [-0.4, -0.2) is 37.2 Å². The van der Waals surface area contributed by atoms with Gasteiger partial charge in [-0.25, -0.2) is 14.0 Å². The van der Waals surface area contributed by atoms with Gasteiger partial charge in [-0.15, -0.1) is 0 Å². The van der Waals surface area contributed by atoms with E-state index >= 15 is 0 Å². The number of carbonyl (C=O) groups is 2. The van der Waals surface area contributed by atoms with E-state index in [-0.39, 0.29) is 18.1 Å². The van der Waals surface area contributed by atoms with Crippen molar-refractivity contribution in [3.05, 3.63) is 52.6 Å². The lowest BCUT2D eigenvalue weighted by atomic mass is 10.1. The first kappa shape index (κ1) is 18.5. The smallest absolute Gasteiger partial charge is 0.355 e. The summed E-state index contributed by atoms with van der Waals surface area (Å²) < 4.78 is 28.1. The second-order valence-corrected chi connectivity index (χ2v) is 5.41. The van der Waals surface area contributed by atoms with E-state index in [0.717, 1.165) is 0 Å². The summed E-state index contributed by atoms with van der Waals surface area (Å²) in [6.07, 6.45) is 0.478. The summed E-state index contributed by atoms with van der Waals surface area (Å²) in [4.78, 5) is 26.7. The number of halogens is 1. The molecule has 0 aliphatic carbocycles. The van der Waals surface area contributed by atoms with Gasteiger partial charge in [-0.2, -0.15) is 0 Å². The maximum Gasteiger partial charge on any atom is 0.355 e. The van der Waals surface area contributed by atoms with Crippen LogP contribution in [0.2, 0.25) is 0 Å². The Labute approximate surface area is 144 Å². The van der Waals surface area contributed by atoms with Crippen LogP contribution in [-0.2, 0) is 9.47 Å². The molecule has 0 aliphatic rings. The van der Waals surface area contributed by atoms with E-state index in [1.807, 2.05) is 0 Å². The number of hydrogen-bond acceptors (Lipinski definition) is 5. The predicted octanol–water partition coefficient (Wildman–Crippen LogP) is 3.18. The Morgan fingerprint density at radius 2 is 1.76 bits per heavy atom. The van der Waals surface area contributed by atoms with Crippen LogP contribution in [0.15, 0.2) is 24.3 Å². The van der Waals surface area contributed by atoms with E-state index in [1.165, 1.54) is 31.4 Å². The van der Waals surface area contributed by atoms with Gasteiger partial charge >= 0.3 is 11.9 Å². The lowest BCUT2D eigenvalue weighted by molar-refractivity contribution is 0.0479. The molecule has 0 amide bonds. The minimum absolute atomic E-state index is 0.158. The summed E-state index contributed by atoms with van der Waals surface area (Å²) in [5.41, 5.74) is 1.62. The molecule has 0 spiro atoms. The van der Waals surface area contributed by atoms with E-state index in [1.54, 1.807) is 13.8 Å². The van der Waals surface area contributed by atoms with E-state index in [0.29, 0.717) is 35.6 Å². The van der Waals surface area contributed by atoms with Crippen LogP contribution in [0.25, 0.3) is 0 Å².